The van der Waals surface area contributed by atoms with Crippen molar-refractivity contribution in [3.63, 3.8) is 0 Å². The number of nitrogens with two attached hydrogens (primary N) is 1. The van der Waals surface area contributed by atoms with Gasteiger partial charge in [-0.2, -0.15) is 4.98 Å². The van der Waals surface area contributed by atoms with Gasteiger partial charge < -0.3 is 15.8 Å². The second-order valence-electron chi connectivity index (χ2n) is 3.73. The number of ether oxygens (including phenoxy) is 1. The fourth-order valence-corrected chi connectivity index (χ4v) is 1.48. The van der Waals surface area contributed by atoms with Crippen molar-refractivity contribution in [1.29, 1.82) is 0 Å². The number of aromatic nitrogens is 2. The summed E-state index contributed by atoms with van der Waals surface area (Å²) < 4.78 is 5.42. The molecule has 5 nitrogen and oxygen atoms in total. The third-order valence-corrected chi connectivity index (χ3v) is 2.46. The first kappa shape index (κ1) is 14.0. The van der Waals surface area contributed by atoms with Gasteiger partial charge in [0, 0.05) is 13.2 Å². The van der Waals surface area contributed by atoms with Crippen LogP contribution in [0.3, 0.4) is 0 Å². The van der Waals surface area contributed by atoms with Crippen LogP contribution in [0.1, 0.15) is 25.5 Å². The van der Waals surface area contributed by atoms with Crippen LogP contribution in [0.25, 0.3) is 0 Å². The van der Waals surface area contributed by atoms with Gasteiger partial charge in [0.05, 0.1) is 18.0 Å². The summed E-state index contributed by atoms with van der Waals surface area (Å²) in [5.74, 6) is 0.571. The largest absolute Gasteiger partial charge is 0.394 e. The van der Waals surface area contributed by atoms with Crippen LogP contribution in [0.2, 0.25) is 5.28 Å². The van der Waals surface area contributed by atoms with Crippen LogP contribution in [0, 0.1) is 6.92 Å². The standard InChI is InChI=1S/C11H19ClN4O/c1-3-4-6-17-7-5-14-10-9(13)8(2)15-11(12)16-10/h3-7,13H2,1-2H3,(H,14,15,16). The minimum Gasteiger partial charge on any atom is -0.394 e. The predicted octanol–water partition coefficient (Wildman–Crippen LogP) is 2.25. The number of hydrogen-bond acceptors (Lipinski definition) is 5. The Hall–Kier alpha value is -1.07. The number of nitrogen functional groups attached to an aromatic ring is 1. The Bertz CT molecular complexity index is 360. The van der Waals surface area contributed by atoms with Crippen molar-refractivity contribution >= 4 is 23.1 Å². The highest BCUT2D eigenvalue weighted by Crippen LogP contribution is 2.19. The minimum absolute atomic E-state index is 0.200. The molecule has 17 heavy (non-hydrogen) atoms. The molecule has 1 aromatic heterocycles. The fraction of sp³-hybridized carbons (Fsp3) is 0.636. The highest BCUT2D eigenvalue weighted by molar-refractivity contribution is 6.28. The van der Waals surface area contributed by atoms with Gasteiger partial charge >= 0.3 is 0 Å². The van der Waals surface area contributed by atoms with Gasteiger partial charge in [0.25, 0.3) is 0 Å². The topological polar surface area (TPSA) is 73.1 Å². The van der Waals surface area contributed by atoms with Crippen LogP contribution in [-0.2, 0) is 4.74 Å². The maximum Gasteiger partial charge on any atom is 0.224 e. The first-order valence-corrected chi connectivity index (χ1v) is 6.14. The smallest absolute Gasteiger partial charge is 0.224 e. The molecule has 0 bridgehead atoms. The Kier molecular flexibility index (Phi) is 6.00. The molecule has 0 atom stereocenters. The molecule has 96 valence electrons. The average Bonchev–Trinajstić information content (AvgIpc) is 2.29. The van der Waals surface area contributed by atoms with E-state index in [0.717, 1.165) is 19.4 Å². The van der Waals surface area contributed by atoms with E-state index in [1.54, 1.807) is 6.92 Å². The van der Waals surface area contributed by atoms with E-state index in [0.29, 0.717) is 30.4 Å². The van der Waals surface area contributed by atoms with E-state index in [2.05, 4.69) is 22.2 Å². The van der Waals surface area contributed by atoms with E-state index < -0.39 is 0 Å². The summed E-state index contributed by atoms with van der Waals surface area (Å²) in [6.45, 7) is 6.00. The summed E-state index contributed by atoms with van der Waals surface area (Å²) in [7, 11) is 0. The van der Waals surface area contributed by atoms with E-state index in [9.17, 15) is 0 Å². The molecule has 1 heterocycles. The molecule has 0 fully saturated rings. The van der Waals surface area contributed by atoms with Crippen LogP contribution < -0.4 is 11.1 Å². The van der Waals surface area contributed by atoms with Gasteiger partial charge in [0.2, 0.25) is 5.28 Å². The zero-order valence-corrected chi connectivity index (χ0v) is 11.0. The van der Waals surface area contributed by atoms with Crippen LogP contribution in [0.5, 0.6) is 0 Å². The molecular formula is C11H19ClN4O. The lowest BCUT2D eigenvalue weighted by atomic mass is 10.3. The zero-order chi connectivity index (χ0) is 12.7. The summed E-state index contributed by atoms with van der Waals surface area (Å²) >= 11 is 5.75. The van der Waals surface area contributed by atoms with Crippen LogP contribution in [-0.4, -0.2) is 29.7 Å². The summed E-state index contributed by atoms with van der Waals surface area (Å²) in [5.41, 5.74) is 7.04. The molecule has 0 unspecified atom stereocenters. The van der Waals surface area contributed by atoms with Crippen molar-refractivity contribution in [2.45, 2.75) is 26.7 Å². The Labute approximate surface area is 107 Å². The second-order valence-corrected chi connectivity index (χ2v) is 4.07. The number of nitrogens with zero attached hydrogens (tertiary/aromatic N) is 2. The summed E-state index contributed by atoms with van der Waals surface area (Å²) in [4.78, 5) is 7.99. The molecule has 0 amide bonds. The third-order valence-electron chi connectivity index (χ3n) is 2.29. The first-order chi connectivity index (χ1) is 8.15. The van der Waals surface area contributed by atoms with E-state index in [-0.39, 0.29) is 5.28 Å². The minimum atomic E-state index is 0.200. The third kappa shape index (κ3) is 4.75. The average molecular weight is 259 g/mol. The van der Waals surface area contributed by atoms with Gasteiger partial charge in [-0.1, -0.05) is 13.3 Å². The van der Waals surface area contributed by atoms with Crippen molar-refractivity contribution in [1.82, 2.24) is 9.97 Å². The molecule has 0 saturated carbocycles. The van der Waals surface area contributed by atoms with E-state index in [1.165, 1.54) is 0 Å². The Balaban J connectivity index is 2.36. The predicted molar refractivity (Wildman–Crippen MR) is 70.4 cm³/mol. The quantitative estimate of drug-likeness (QED) is 0.580. The number of nitrogens with one attached hydrogen (secondary N) is 1. The molecule has 0 radical (unpaired) electrons. The molecule has 0 spiro atoms. The van der Waals surface area contributed by atoms with Crippen molar-refractivity contribution in [3.8, 4) is 0 Å². The van der Waals surface area contributed by atoms with E-state index >= 15 is 0 Å². The highest BCUT2D eigenvalue weighted by atomic mass is 35.5. The fourth-order valence-electron chi connectivity index (χ4n) is 1.27. The number of rotatable bonds is 7. The second kappa shape index (κ2) is 7.29. The monoisotopic (exact) mass is 258 g/mol. The summed E-state index contributed by atoms with van der Waals surface area (Å²) in [6.07, 6.45) is 2.22. The van der Waals surface area contributed by atoms with Gasteiger partial charge in [-0.15, -0.1) is 0 Å². The van der Waals surface area contributed by atoms with Crippen molar-refractivity contribution in [3.05, 3.63) is 11.0 Å². The molecule has 0 aliphatic heterocycles. The highest BCUT2D eigenvalue weighted by Gasteiger charge is 2.06. The normalized spacial score (nSPS) is 10.5. The van der Waals surface area contributed by atoms with Crippen molar-refractivity contribution in [2.24, 2.45) is 0 Å². The maximum absolute atomic E-state index is 5.83. The first-order valence-electron chi connectivity index (χ1n) is 5.76. The molecule has 0 aliphatic rings. The van der Waals surface area contributed by atoms with Crippen LogP contribution >= 0.6 is 11.6 Å². The number of halogens is 1. The lowest BCUT2D eigenvalue weighted by Crippen LogP contribution is -2.13. The molecule has 0 aromatic carbocycles. The lowest BCUT2D eigenvalue weighted by Gasteiger charge is -2.10. The van der Waals surface area contributed by atoms with Gasteiger partial charge in [0.15, 0.2) is 5.82 Å². The van der Waals surface area contributed by atoms with Gasteiger partial charge in [-0.3, -0.25) is 0 Å². The number of hydrogen-bond donors (Lipinski definition) is 2. The number of aryl methyl sites for hydroxylation is 1. The van der Waals surface area contributed by atoms with E-state index in [1.807, 2.05) is 0 Å². The molecular weight excluding hydrogens is 240 g/mol. The van der Waals surface area contributed by atoms with Crippen molar-refractivity contribution in [2.75, 3.05) is 30.8 Å². The summed E-state index contributed by atoms with van der Waals surface area (Å²) in [5, 5.41) is 3.29. The lowest BCUT2D eigenvalue weighted by molar-refractivity contribution is 0.141. The molecule has 6 heteroatoms. The van der Waals surface area contributed by atoms with Gasteiger partial charge in [-0.25, -0.2) is 4.98 Å². The van der Waals surface area contributed by atoms with Gasteiger partial charge in [0.1, 0.15) is 0 Å². The Morgan fingerprint density at radius 3 is 2.82 bits per heavy atom. The molecule has 1 rings (SSSR count). The molecule has 3 N–H and O–H groups in total. The van der Waals surface area contributed by atoms with Crippen molar-refractivity contribution < 1.29 is 4.74 Å². The van der Waals surface area contributed by atoms with Gasteiger partial charge in [-0.05, 0) is 24.9 Å². The van der Waals surface area contributed by atoms with E-state index in [4.69, 9.17) is 22.1 Å². The Morgan fingerprint density at radius 1 is 1.35 bits per heavy atom. The van der Waals surface area contributed by atoms with Crippen LogP contribution in [0.15, 0.2) is 0 Å². The number of anilines is 2. The zero-order valence-electron chi connectivity index (χ0n) is 10.3. The molecule has 0 aliphatic carbocycles. The molecule has 0 saturated heterocycles. The Morgan fingerprint density at radius 2 is 2.12 bits per heavy atom. The summed E-state index contributed by atoms with van der Waals surface area (Å²) in [6, 6.07) is 0. The maximum atomic E-state index is 5.83. The number of unbranched alkanes of at least 4 members (excludes halogenated alkanes) is 1. The SMILES string of the molecule is CCCCOCCNc1nc(Cl)nc(C)c1N. The molecule has 1 aromatic rings. The van der Waals surface area contributed by atoms with Crippen LogP contribution in [0.4, 0.5) is 11.5 Å².